The third kappa shape index (κ3) is 7.05. The Kier molecular flexibility index (Phi) is 8.06. The smallest absolute Gasteiger partial charge is 0.263 e. The van der Waals surface area contributed by atoms with Gasteiger partial charge in [-0.15, -0.1) is 0 Å². The molecular formula is C25H29N3O4S. The first-order valence-electron chi connectivity index (χ1n) is 10.8. The van der Waals surface area contributed by atoms with Gasteiger partial charge in [0.2, 0.25) is 5.91 Å². The fraction of sp³-hybridized carbons (Fsp3) is 0.280. The number of rotatable bonds is 10. The van der Waals surface area contributed by atoms with E-state index in [-0.39, 0.29) is 16.6 Å². The fourth-order valence-corrected chi connectivity index (χ4v) is 4.38. The number of sulfonamides is 1. The van der Waals surface area contributed by atoms with Crippen molar-refractivity contribution in [3.05, 3.63) is 78.0 Å². The lowest BCUT2D eigenvalue weighted by molar-refractivity contribution is -0.116. The molecular weight excluding hydrogens is 438 g/mol. The second kappa shape index (κ2) is 11.0. The van der Waals surface area contributed by atoms with Crippen LogP contribution in [0.15, 0.2) is 71.8 Å². The summed E-state index contributed by atoms with van der Waals surface area (Å²) in [5, 5.41) is 2.78. The Hall–Kier alpha value is -3.39. The number of nitrogens with one attached hydrogen (secondary N) is 2. The van der Waals surface area contributed by atoms with Crippen LogP contribution >= 0.6 is 0 Å². The molecule has 0 saturated heterocycles. The first kappa shape index (κ1) is 24.3. The maximum Gasteiger partial charge on any atom is 0.263 e. The van der Waals surface area contributed by atoms with Crippen LogP contribution in [-0.2, 0) is 14.8 Å². The molecule has 0 radical (unpaired) electrons. The lowest BCUT2D eigenvalue weighted by Gasteiger charge is -2.12. The third-order valence-corrected chi connectivity index (χ3v) is 6.40. The van der Waals surface area contributed by atoms with Crippen LogP contribution in [0.5, 0.6) is 5.75 Å². The number of nitrogens with zero attached hydrogens (tertiary/aromatic N) is 1. The third-order valence-electron chi connectivity index (χ3n) is 5.03. The Balaban J connectivity index is 1.45. The van der Waals surface area contributed by atoms with E-state index in [1.54, 1.807) is 30.3 Å². The molecule has 0 atom stereocenters. The average molecular weight is 468 g/mol. The number of benzene rings is 2. The Labute approximate surface area is 195 Å². The van der Waals surface area contributed by atoms with E-state index in [0.717, 1.165) is 5.75 Å². The van der Waals surface area contributed by atoms with Gasteiger partial charge >= 0.3 is 0 Å². The highest BCUT2D eigenvalue weighted by Crippen LogP contribution is 2.23. The Morgan fingerprint density at radius 2 is 1.82 bits per heavy atom. The summed E-state index contributed by atoms with van der Waals surface area (Å²) < 4.78 is 33.1. The minimum Gasteiger partial charge on any atom is -0.494 e. The van der Waals surface area contributed by atoms with Crippen LogP contribution in [0.1, 0.15) is 43.7 Å². The van der Waals surface area contributed by atoms with Crippen LogP contribution in [0, 0.1) is 6.92 Å². The van der Waals surface area contributed by atoms with Crippen molar-refractivity contribution < 1.29 is 17.9 Å². The van der Waals surface area contributed by atoms with Gasteiger partial charge in [0.05, 0.1) is 11.5 Å². The second-order valence-electron chi connectivity index (χ2n) is 8.02. The standard InChI is InChI=1S/C25H29N3O4S/c1-18(2)23-14-11-21(17-19(23)3)32-16-6-8-25(29)27-20-9-12-22(13-10-20)33(30,31)28-24-7-4-5-15-26-24/h4-5,7,9-15,17-18H,6,8,16H2,1-3H3,(H,26,28)(H,27,29). The summed E-state index contributed by atoms with van der Waals surface area (Å²) in [5.41, 5.74) is 3.02. The number of pyridine rings is 1. The molecule has 1 heterocycles. The van der Waals surface area contributed by atoms with Crippen LogP contribution in [0.2, 0.25) is 0 Å². The van der Waals surface area contributed by atoms with Crippen molar-refractivity contribution in [3.63, 3.8) is 0 Å². The molecule has 0 saturated carbocycles. The highest BCUT2D eigenvalue weighted by Gasteiger charge is 2.15. The second-order valence-corrected chi connectivity index (χ2v) is 9.70. The van der Waals surface area contributed by atoms with Gasteiger partial charge in [-0.25, -0.2) is 13.4 Å². The Morgan fingerprint density at radius 1 is 1.06 bits per heavy atom. The molecule has 0 aliphatic carbocycles. The zero-order chi connectivity index (χ0) is 23.8. The minimum atomic E-state index is -3.75. The molecule has 2 aromatic carbocycles. The van der Waals surface area contributed by atoms with Crippen molar-refractivity contribution in [1.29, 1.82) is 0 Å². The lowest BCUT2D eigenvalue weighted by Crippen LogP contribution is -2.15. The van der Waals surface area contributed by atoms with Crippen molar-refractivity contribution in [2.75, 3.05) is 16.6 Å². The number of aryl methyl sites for hydroxylation is 1. The van der Waals surface area contributed by atoms with Crippen LogP contribution in [0.3, 0.4) is 0 Å². The van der Waals surface area contributed by atoms with Gasteiger partial charge in [-0.3, -0.25) is 9.52 Å². The summed E-state index contributed by atoms with van der Waals surface area (Å²) in [6, 6.07) is 17.0. The number of hydrogen-bond acceptors (Lipinski definition) is 5. The van der Waals surface area contributed by atoms with E-state index < -0.39 is 10.0 Å². The summed E-state index contributed by atoms with van der Waals surface area (Å²) in [4.78, 5) is 16.3. The van der Waals surface area contributed by atoms with Gasteiger partial charge in [-0.1, -0.05) is 26.0 Å². The summed E-state index contributed by atoms with van der Waals surface area (Å²) >= 11 is 0. The molecule has 0 aliphatic rings. The highest BCUT2D eigenvalue weighted by molar-refractivity contribution is 7.92. The van der Waals surface area contributed by atoms with E-state index in [0.29, 0.717) is 31.1 Å². The highest BCUT2D eigenvalue weighted by atomic mass is 32.2. The van der Waals surface area contributed by atoms with E-state index in [4.69, 9.17) is 4.74 Å². The molecule has 8 heteroatoms. The molecule has 0 bridgehead atoms. The molecule has 33 heavy (non-hydrogen) atoms. The van der Waals surface area contributed by atoms with Crippen molar-refractivity contribution in [1.82, 2.24) is 4.98 Å². The van der Waals surface area contributed by atoms with E-state index in [2.05, 4.69) is 41.9 Å². The molecule has 0 spiro atoms. The number of amides is 1. The van der Waals surface area contributed by atoms with Gasteiger partial charge in [0.15, 0.2) is 0 Å². The quantitative estimate of drug-likeness (QED) is 0.404. The first-order valence-corrected chi connectivity index (χ1v) is 12.3. The molecule has 3 rings (SSSR count). The average Bonchev–Trinajstić information content (AvgIpc) is 2.77. The number of anilines is 2. The van der Waals surface area contributed by atoms with Crippen molar-refractivity contribution in [2.45, 2.75) is 44.4 Å². The Bertz CT molecular complexity index is 1180. The SMILES string of the molecule is Cc1cc(OCCCC(=O)Nc2ccc(S(=O)(=O)Nc3ccccn3)cc2)ccc1C(C)C. The predicted octanol–water partition coefficient (Wildman–Crippen LogP) is 5.11. The molecule has 0 unspecified atom stereocenters. The maximum atomic E-state index is 12.4. The Morgan fingerprint density at radius 3 is 2.45 bits per heavy atom. The molecule has 1 aromatic heterocycles. The van der Waals surface area contributed by atoms with Crippen LogP contribution < -0.4 is 14.8 Å². The van der Waals surface area contributed by atoms with Crippen LogP contribution in [0.4, 0.5) is 11.5 Å². The summed E-state index contributed by atoms with van der Waals surface area (Å²) in [7, 11) is -3.75. The number of ether oxygens (including phenoxy) is 1. The van der Waals surface area contributed by atoms with Gasteiger partial charge in [-0.05, 0) is 78.9 Å². The molecule has 0 fully saturated rings. The maximum absolute atomic E-state index is 12.4. The zero-order valence-corrected chi connectivity index (χ0v) is 19.9. The normalized spacial score (nSPS) is 11.3. The minimum absolute atomic E-state index is 0.0818. The van der Waals surface area contributed by atoms with Gasteiger partial charge in [0, 0.05) is 18.3 Å². The summed E-state index contributed by atoms with van der Waals surface area (Å²) in [6.07, 6.45) is 2.37. The van der Waals surface area contributed by atoms with Gasteiger partial charge in [0.25, 0.3) is 10.0 Å². The van der Waals surface area contributed by atoms with Crippen LogP contribution in [-0.4, -0.2) is 25.9 Å². The topological polar surface area (TPSA) is 97.4 Å². The fourth-order valence-electron chi connectivity index (χ4n) is 3.37. The number of carbonyl (C=O) groups is 1. The molecule has 0 aliphatic heterocycles. The van der Waals surface area contributed by atoms with Crippen molar-refractivity contribution >= 4 is 27.4 Å². The van der Waals surface area contributed by atoms with Gasteiger partial charge in [-0.2, -0.15) is 0 Å². The lowest BCUT2D eigenvalue weighted by atomic mass is 9.98. The number of aromatic nitrogens is 1. The van der Waals surface area contributed by atoms with Gasteiger partial charge < -0.3 is 10.1 Å². The number of hydrogen-bond donors (Lipinski definition) is 2. The first-order chi connectivity index (χ1) is 15.7. The molecule has 2 N–H and O–H groups in total. The van der Waals surface area contributed by atoms with E-state index >= 15 is 0 Å². The summed E-state index contributed by atoms with van der Waals surface area (Å²) in [5.74, 6) is 1.35. The summed E-state index contributed by atoms with van der Waals surface area (Å²) in [6.45, 7) is 6.82. The van der Waals surface area contributed by atoms with E-state index in [1.165, 1.54) is 29.5 Å². The molecule has 1 amide bonds. The monoisotopic (exact) mass is 467 g/mol. The van der Waals surface area contributed by atoms with Gasteiger partial charge in [0.1, 0.15) is 11.6 Å². The molecule has 3 aromatic rings. The van der Waals surface area contributed by atoms with E-state index in [9.17, 15) is 13.2 Å². The zero-order valence-electron chi connectivity index (χ0n) is 19.0. The number of carbonyl (C=O) groups excluding carboxylic acids is 1. The molecule has 7 nitrogen and oxygen atoms in total. The molecule has 174 valence electrons. The van der Waals surface area contributed by atoms with E-state index in [1.807, 2.05) is 12.1 Å². The van der Waals surface area contributed by atoms with Crippen molar-refractivity contribution in [2.24, 2.45) is 0 Å². The van der Waals surface area contributed by atoms with Crippen LogP contribution in [0.25, 0.3) is 0 Å². The predicted molar refractivity (Wildman–Crippen MR) is 130 cm³/mol. The largest absolute Gasteiger partial charge is 0.494 e. The van der Waals surface area contributed by atoms with Crippen molar-refractivity contribution in [3.8, 4) is 5.75 Å².